The summed E-state index contributed by atoms with van der Waals surface area (Å²) in [5, 5.41) is 0. The Labute approximate surface area is 56.2 Å². The molecule has 0 aliphatic carbocycles. The molecule has 0 fully saturated rings. The van der Waals surface area contributed by atoms with Crippen LogP contribution < -0.4 is 0 Å². The zero-order valence-corrected chi connectivity index (χ0v) is 6.22. The maximum atomic E-state index is 10.9. The number of nitrogens with zero attached hydrogens (tertiary/aromatic N) is 1. The molecule has 1 amide bonds. The van der Waals surface area contributed by atoms with E-state index in [1.54, 1.807) is 25.1 Å². The van der Waals surface area contributed by atoms with E-state index in [0.29, 0.717) is 0 Å². The lowest BCUT2D eigenvalue weighted by atomic mass is 10.1. The topological polar surface area (TPSA) is 20.3 Å². The molecular weight excluding hydrogens is 114 g/mol. The lowest BCUT2D eigenvalue weighted by molar-refractivity contribution is -0.130. The third-order valence-corrected chi connectivity index (χ3v) is 1.18. The maximum Gasteiger partial charge on any atom is 0.228 e. The summed E-state index contributed by atoms with van der Waals surface area (Å²) in [4.78, 5) is 12.5. The highest BCUT2D eigenvalue weighted by Crippen LogP contribution is 1.98. The summed E-state index contributed by atoms with van der Waals surface area (Å²) in [6.07, 6.45) is 1.64. The Morgan fingerprint density at radius 1 is 1.67 bits per heavy atom. The number of amides is 1. The molecule has 0 aromatic rings. The van der Waals surface area contributed by atoms with Gasteiger partial charge < -0.3 is 4.90 Å². The van der Waals surface area contributed by atoms with Crippen molar-refractivity contribution < 1.29 is 4.79 Å². The fraction of sp³-hybridized carbons (Fsp3) is 0.571. The van der Waals surface area contributed by atoms with Crippen LogP contribution in [0.15, 0.2) is 12.7 Å². The van der Waals surface area contributed by atoms with Crippen LogP contribution in [0, 0.1) is 5.92 Å². The van der Waals surface area contributed by atoms with Crippen LogP contribution in [-0.2, 0) is 4.79 Å². The molecule has 0 rings (SSSR count). The summed E-state index contributed by atoms with van der Waals surface area (Å²) in [5.74, 6) is 0.0463. The van der Waals surface area contributed by atoms with Gasteiger partial charge in [0.2, 0.25) is 5.91 Å². The second-order valence-electron chi connectivity index (χ2n) is 2.26. The maximum absolute atomic E-state index is 10.9. The van der Waals surface area contributed by atoms with Crippen molar-refractivity contribution in [1.82, 2.24) is 4.90 Å². The van der Waals surface area contributed by atoms with Crippen molar-refractivity contribution >= 4 is 5.91 Å². The van der Waals surface area contributed by atoms with Gasteiger partial charge >= 0.3 is 0 Å². The first-order valence-corrected chi connectivity index (χ1v) is 2.93. The lowest BCUT2D eigenvalue weighted by Crippen LogP contribution is -2.26. The van der Waals surface area contributed by atoms with Gasteiger partial charge in [-0.25, -0.2) is 0 Å². The van der Waals surface area contributed by atoms with Crippen LogP contribution in [0.3, 0.4) is 0 Å². The fourth-order valence-electron chi connectivity index (χ4n) is 0.508. The normalized spacial score (nSPS) is 12.3. The van der Waals surface area contributed by atoms with Gasteiger partial charge in [0.05, 0.1) is 5.92 Å². The standard InChI is InChI=1S/C7H13NO/c1-5-6(2)7(9)8(3)4/h5-6H,1H2,2-4H3. The fourth-order valence-corrected chi connectivity index (χ4v) is 0.508. The number of hydrogen-bond acceptors (Lipinski definition) is 1. The first-order valence-electron chi connectivity index (χ1n) is 2.93. The molecule has 1 atom stereocenters. The van der Waals surface area contributed by atoms with Gasteiger partial charge in [0, 0.05) is 14.1 Å². The summed E-state index contributed by atoms with van der Waals surface area (Å²) in [5.41, 5.74) is 0. The predicted octanol–water partition coefficient (Wildman–Crippen LogP) is 0.897. The minimum absolute atomic E-state index is 0.0556. The van der Waals surface area contributed by atoms with E-state index in [1.165, 1.54) is 0 Å². The summed E-state index contributed by atoms with van der Waals surface area (Å²) in [6.45, 7) is 5.35. The Hall–Kier alpha value is -0.790. The smallest absolute Gasteiger partial charge is 0.228 e. The third kappa shape index (κ3) is 2.31. The largest absolute Gasteiger partial charge is 0.348 e. The van der Waals surface area contributed by atoms with Crippen molar-refractivity contribution in [2.45, 2.75) is 6.92 Å². The van der Waals surface area contributed by atoms with Crippen molar-refractivity contribution in [3.63, 3.8) is 0 Å². The molecule has 9 heavy (non-hydrogen) atoms. The molecule has 0 spiro atoms. The molecule has 0 heterocycles. The van der Waals surface area contributed by atoms with Crippen molar-refractivity contribution in [3.05, 3.63) is 12.7 Å². The Morgan fingerprint density at radius 2 is 2.11 bits per heavy atom. The lowest BCUT2D eigenvalue weighted by Gasteiger charge is -2.12. The van der Waals surface area contributed by atoms with Crippen LogP contribution in [0.5, 0.6) is 0 Å². The Balaban J connectivity index is 3.87. The van der Waals surface area contributed by atoms with Crippen LogP contribution >= 0.6 is 0 Å². The van der Waals surface area contributed by atoms with E-state index in [0.717, 1.165) is 0 Å². The Morgan fingerprint density at radius 3 is 2.22 bits per heavy atom. The van der Waals surface area contributed by atoms with Gasteiger partial charge in [0.15, 0.2) is 0 Å². The van der Waals surface area contributed by atoms with Gasteiger partial charge in [0.25, 0.3) is 0 Å². The second kappa shape index (κ2) is 3.28. The highest BCUT2D eigenvalue weighted by atomic mass is 16.2. The molecule has 0 saturated heterocycles. The van der Waals surface area contributed by atoms with Gasteiger partial charge in [0.1, 0.15) is 0 Å². The summed E-state index contributed by atoms with van der Waals surface area (Å²) < 4.78 is 0. The summed E-state index contributed by atoms with van der Waals surface area (Å²) in [6, 6.07) is 0. The van der Waals surface area contributed by atoms with E-state index in [-0.39, 0.29) is 11.8 Å². The van der Waals surface area contributed by atoms with Crippen LogP contribution in [0.25, 0.3) is 0 Å². The van der Waals surface area contributed by atoms with Crippen molar-refractivity contribution in [2.75, 3.05) is 14.1 Å². The van der Waals surface area contributed by atoms with E-state index in [1.807, 2.05) is 6.92 Å². The van der Waals surface area contributed by atoms with Crippen LogP contribution in [0.2, 0.25) is 0 Å². The van der Waals surface area contributed by atoms with Gasteiger partial charge in [-0.3, -0.25) is 4.79 Å². The average Bonchev–Trinajstić information content (AvgIpc) is 1.84. The molecule has 0 N–H and O–H groups in total. The number of carbonyl (C=O) groups is 1. The summed E-state index contributed by atoms with van der Waals surface area (Å²) in [7, 11) is 3.48. The van der Waals surface area contributed by atoms with Gasteiger partial charge in [-0.05, 0) is 0 Å². The molecule has 0 radical (unpaired) electrons. The van der Waals surface area contributed by atoms with Crippen molar-refractivity contribution in [3.8, 4) is 0 Å². The average molecular weight is 127 g/mol. The Bertz CT molecular complexity index is 118. The molecule has 0 aromatic heterocycles. The van der Waals surface area contributed by atoms with Gasteiger partial charge in [-0.1, -0.05) is 13.0 Å². The number of rotatable bonds is 2. The first-order chi connectivity index (χ1) is 4.09. The van der Waals surface area contributed by atoms with E-state index >= 15 is 0 Å². The van der Waals surface area contributed by atoms with Gasteiger partial charge in [-0.2, -0.15) is 0 Å². The molecule has 52 valence electrons. The number of hydrogen-bond donors (Lipinski definition) is 0. The van der Waals surface area contributed by atoms with Crippen LogP contribution in [0.1, 0.15) is 6.92 Å². The highest BCUT2D eigenvalue weighted by Gasteiger charge is 2.09. The predicted molar refractivity (Wildman–Crippen MR) is 38.1 cm³/mol. The van der Waals surface area contributed by atoms with E-state index < -0.39 is 0 Å². The highest BCUT2D eigenvalue weighted by molar-refractivity contribution is 5.79. The molecule has 0 saturated carbocycles. The van der Waals surface area contributed by atoms with Crippen molar-refractivity contribution in [1.29, 1.82) is 0 Å². The first kappa shape index (κ1) is 8.21. The molecule has 2 heteroatoms. The second-order valence-corrected chi connectivity index (χ2v) is 2.26. The third-order valence-electron chi connectivity index (χ3n) is 1.18. The minimum atomic E-state index is -0.0556. The quantitative estimate of drug-likeness (QED) is 0.504. The minimum Gasteiger partial charge on any atom is -0.348 e. The van der Waals surface area contributed by atoms with Crippen LogP contribution in [0.4, 0.5) is 0 Å². The molecule has 0 bridgehead atoms. The molecule has 0 aliphatic rings. The van der Waals surface area contributed by atoms with E-state index in [2.05, 4.69) is 6.58 Å². The zero-order valence-electron chi connectivity index (χ0n) is 6.22. The molecular formula is C7H13NO. The molecule has 1 unspecified atom stereocenters. The SMILES string of the molecule is C=CC(C)C(=O)N(C)C. The van der Waals surface area contributed by atoms with Gasteiger partial charge in [-0.15, -0.1) is 6.58 Å². The monoisotopic (exact) mass is 127 g/mol. The summed E-state index contributed by atoms with van der Waals surface area (Å²) >= 11 is 0. The van der Waals surface area contributed by atoms with Crippen molar-refractivity contribution in [2.24, 2.45) is 5.92 Å². The zero-order chi connectivity index (χ0) is 7.44. The van der Waals surface area contributed by atoms with E-state index in [9.17, 15) is 4.79 Å². The molecule has 0 aromatic carbocycles. The molecule has 2 nitrogen and oxygen atoms in total. The Kier molecular flexibility index (Phi) is 2.99. The molecule has 0 aliphatic heterocycles. The number of carbonyl (C=O) groups excluding carboxylic acids is 1. The van der Waals surface area contributed by atoms with Crippen LogP contribution in [-0.4, -0.2) is 24.9 Å². The van der Waals surface area contributed by atoms with E-state index in [4.69, 9.17) is 0 Å².